The Morgan fingerprint density at radius 2 is 1.52 bits per heavy atom. The number of aryl methyl sites for hydroxylation is 2. The molecule has 2 N–H and O–H groups in total. The fourth-order valence-corrected chi connectivity index (χ4v) is 2.66. The first-order valence-corrected chi connectivity index (χ1v) is 9.32. The lowest BCUT2D eigenvalue weighted by Crippen LogP contribution is -3.00. The lowest BCUT2D eigenvalue weighted by molar-refractivity contribution is -0.671. The zero-order chi connectivity index (χ0) is 16.6. The van der Waals surface area contributed by atoms with Crippen LogP contribution < -0.4 is 34.4 Å². The largest absolute Gasteiger partial charge is 1.00 e. The summed E-state index contributed by atoms with van der Waals surface area (Å²) in [6.45, 7) is 3.46. The first-order valence-electron chi connectivity index (χ1n) is 9.32. The van der Waals surface area contributed by atoms with Crippen molar-refractivity contribution in [2.75, 3.05) is 0 Å². The molecule has 0 fully saturated rings. The van der Waals surface area contributed by atoms with Gasteiger partial charge in [-0.3, -0.25) is 9.97 Å². The number of hydrogen-bond acceptors (Lipinski definition) is 0. The lowest BCUT2D eigenvalue weighted by Gasteiger charge is -2.01. The summed E-state index contributed by atoms with van der Waals surface area (Å²) in [5.41, 5.74) is 0. The van der Waals surface area contributed by atoms with Gasteiger partial charge in [0, 0.05) is 0 Å². The quantitative estimate of drug-likeness (QED) is 0.343. The van der Waals surface area contributed by atoms with Crippen molar-refractivity contribution in [2.24, 2.45) is 7.05 Å². The standard InChI is InChI=1S/C16H31N2.C3H4N2.2ClH/c1-3-4-5-6-7-8-9-10-11-12-13-18-15-14-17(2)16-18;1-2-5-3-4-1;;/h14-16H,3-13H2,1-2H3;1-3H,(H,4,5);2*1H/q+1;;;/p-1. The fraction of sp³-hybridized carbons (Fsp3) is 0.684. The summed E-state index contributed by atoms with van der Waals surface area (Å²) in [5.74, 6) is 0. The van der Waals surface area contributed by atoms with Gasteiger partial charge in [-0.2, -0.15) is 0 Å². The molecule has 0 aromatic carbocycles. The molecule has 0 saturated carbocycles. The van der Waals surface area contributed by atoms with E-state index < -0.39 is 0 Å². The van der Waals surface area contributed by atoms with Gasteiger partial charge in [0.25, 0.3) is 0 Å². The first-order chi connectivity index (χ1) is 11.3. The Morgan fingerprint density at radius 3 is 1.92 bits per heavy atom. The van der Waals surface area contributed by atoms with Crippen molar-refractivity contribution in [1.29, 1.82) is 0 Å². The van der Waals surface area contributed by atoms with E-state index in [-0.39, 0.29) is 24.8 Å². The van der Waals surface area contributed by atoms with Crippen molar-refractivity contribution in [3.63, 3.8) is 0 Å². The Kier molecular flexibility index (Phi) is 20.3. The second kappa shape index (κ2) is 19.3. The third kappa shape index (κ3) is 16.2. The van der Waals surface area contributed by atoms with Gasteiger partial charge in [-0.15, -0.1) is 0 Å². The summed E-state index contributed by atoms with van der Waals surface area (Å²) in [7, 11) is 2.08. The highest BCUT2D eigenvalue weighted by atomic mass is 35.5. The van der Waals surface area contributed by atoms with Gasteiger partial charge in [0.05, 0.1) is 13.6 Å². The summed E-state index contributed by atoms with van der Waals surface area (Å²) in [6.07, 6.45) is 26.0. The SMILES string of the molecule is CCCCCCCCCCCCn1cc[n+](C)c1.[Cl-].[Cl-].c1c[nH+]c[nH]1. The monoisotopic (exact) mass is 390 g/mol. The van der Waals surface area contributed by atoms with E-state index in [2.05, 4.69) is 51.8 Å². The van der Waals surface area contributed by atoms with E-state index >= 15 is 0 Å². The molecule has 0 saturated heterocycles. The number of aromatic amines is 2. The maximum atomic E-state index is 2.81. The van der Waals surface area contributed by atoms with Crippen LogP contribution in [0.25, 0.3) is 0 Å². The third-order valence-electron chi connectivity index (χ3n) is 4.04. The van der Waals surface area contributed by atoms with Gasteiger partial charge in [0.15, 0.2) is 0 Å². The molecule has 2 aromatic heterocycles. The van der Waals surface area contributed by atoms with Crippen molar-refractivity contribution in [3.05, 3.63) is 37.4 Å². The summed E-state index contributed by atoms with van der Waals surface area (Å²) in [6, 6.07) is 0. The molecule has 0 aliphatic rings. The van der Waals surface area contributed by atoms with E-state index in [9.17, 15) is 0 Å². The number of nitrogens with one attached hydrogen (secondary N) is 2. The van der Waals surface area contributed by atoms with Crippen LogP contribution in [0.15, 0.2) is 37.4 Å². The molecule has 25 heavy (non-hydrogen) atoms. The summed E-state index contributed by atoms with van der Waals surface area (Å²) >= 11 is 0. The Hall–Kier alpha value is -1.00. The maximum Gasteiger partial charge on any atom is 0.243 e. The average molecular weight is 391 g/mol. The number of unbranched alkanes of at least 4 members (excludes halogenated alkanes) is 9. The van der Waals surface area contributed by atoms with Gasteiger partial charge < -0.3 is 24.8 Å². The fourth-order valence-electron chi connectivity index (χ4n) is 2.66. The van der Waals surface area contributed by atoms with Gasteiger partial charge in [-0.25, -0.2) is 9.13 Å². The summed E-state index contributed by atoms with van der Waals surface area (Å²) in [5, 5.41) is 0. The van der Waals surface area contributed by atoms with E-state index in [1.165, 1.54) is 70.8 Å². The van der Waals surface area contributed by atoms with Crippen LogP contribution in [0.2, 0.25) is 0 Å². The predicted octanol–water partition coefficient (Wildman–Crippen LogP) is -1.93. The molecule has 0 radical (unpaired) electrons. The minimum absolute atomic E-state index is 0. The predicted molar refractivity (Wildman–Crippen MR) is 94.8 cm³/mol. The average Bonchev–Trinajstić information content (AvgIpc) is 3.24. The van der Waals surface area contributed by atoms with Crippen LogP contribution in [0.5, 0.6) is 0 Å². The molecule has 0 spiro atoms. The van der Waals surface area contributed by atoms with E-state index in [1.807, 2.05) is 12.4 Å². The smallest absolute Gasteiger partial charge is 0.243 e. The summed E-state index contributed by atoms with van der Waals surface area (Å²) in [4.78, 5) is 5.61. The number of hydrogen-bond donors (Lipinski definition) is 1. The highest BCUT2D eigenvalue weighted by molar-refractivity contribution is 4.65. The summed E-state index contributed by atoms with van der Waals surface area (Å²) < 4.78 is 4.39. The molecule has 0 aliphatic carbocycles. The Labute approximate surface area is 166 Å². The molecule has 4 nitrogen and oxygen atoms in total. The number of aromatic nitrogens is 4. The van der Waals surface area contributed by atoms with Crippen molar-refractivity contribution < 1.29 is 34.4 Å². The molecule has 0 bridgehead atoms. The van der Waals surface area contributed by atoms with Crippen LogP contribution in [0, 0.1) is 0 Å². The minimum Gasteiger partial charge on any atom is -1.00 e. The number of halogens is 2. The van der Waals surface area contributed by atoms with Crippen LogP contribution in [0.3, 0.4) is 0 Å². The molecule has 0 unspecified atom stereocenters. The van der Waals surface area contributed by atoms with Gasteiger partial charge in [0.1, 0.15) is 24.8 Å². The van der Waals surface area contributed by atoms with Crippen molar-refractivity contribution in [1.82, 2.24) is 9.55 Å². The Bertz CT molecular complexity index is 440. The van der Waals surface area contributed by atoms with E-state index in [4.69, 9.17) is 0 Å². The Morgan fingerprint density at radius 1 is 0.920 bits per heavy atom. The maximum absolute atomic E-state index is 2.81. The third-order valence-corrected chi connectivity index (χ3v) is 4.04. The molecule has 146 valence electrons. The van der Waals surface area contributed by atoms with Crippen LogP contribution in [-0.4, -0.2) is 9.55 Å². The molecular weight excluding hydrogens is 355 g/mol. The lowest BCUT2D eigenvalue weighted by atomic mass is 10.1. The topological polar surface area (TPSA) is 38.7 Å². The van der Waals surface area contributed by atoms with Crippen LogP contribution in [-0.2, 0) is 13.6 Å². The molecular formula is C19H36Cl2N4. The molecule has 0 amide bonds. The Balaban J connectivity index is 0. The van der Waals surface area contributed by atoms with Gasteiger partial charge in [-0.05, 0) is 12.8 Å². The molecule has 0 atom stereocenters. The van der Waals surface area contributed by atoms with E-state index in [0.717, 1.165) is 0 Å². The van der Waals surface area contributed by atoms with Crippen LogP contribution in [0.1, 0.15) is 71.1 Å². The highest BCUT2D eigenvalue weighted by Crippen LogP contribution is 2.10. The second-order valence-electron chi connectivity index (χ2n) is 6.31. The normalized spacial score (nSPS) is 9.52. The molecule has 6 heteroatoms. The van der Waals surface area contributed by atoms with Crippen molar-refractivity contribution >= 4 is 0 Å². The zero-order valence-electron chi connectivity index (χ0n) is 15.9. The second-order valence-corrected chi connectivity index (χ2v) is 6.31. The molecule has 2 aromatic rings. The van der Waals surface area contributed by atoms with E-state index in [1.54, 1.807) is 6.33 Å². The molecule has 2 heterocycles. The van der Waals surface area contributed by atoms with Gasteiger partial charge in [-0.1, -0.05) is 58.3 Å². The van der Waals surface area contributed by atoms with Crippen LogP contribution >= 0.6 is 0 Å². The minimum atomic E-state index is 0. The molecule has 2 rings (SSSR count). The van der Waals surface area contributed by atoms with E-state index in [0.29, 0.717) is 0 Å². The number of rotatable bonds is 11. The first kappa shape index (κ1) is 26.2. The number of imidazole rings is 2. The number of H-pyrrole nitrogens is 2. The zero-order valence-corrected chi connectivity index (χ0v) is 17.4. The highest BCUT2D eigenvalue weighted by Gasteiger charge is 1.99. The van der Waals surface area contributed by atoms with Crippen LogP contribution in [0.4, 0.5) is 0 Å². The van der Waals surface area contributed by atoms with Gasteiger partial charge >= 0.3 is 0 Å². The van der Waals surface area contributed by atoms with Crippen molar-refractivity contribution in [3.8, 4) is 0 Å². The van der Waals surface area contributed by atoms with Crippen molar-refractivity contribution in [2.45, 2.75) is 77.7 Å². The molecule has 0 aliphatic heterocycles. The van der Waals surface area contributed by atoms with Gasteiger partial charge in [0.2, 0.25) is 12.7 Å². The number of nitrogens with zero attached hydrogens (tertiary/aromatic N) is 2.